The van der Waals surface area contributed by atoms with E-state index in [1.165, 1.54) is 13.8 Å². The molecule has 0 bridgehead atoms. The van der Waals surface area contributed by atoms with Crippen LogP contribution in [0.2, 0.25) is 0 Å². The second-order valence-electron chi connectivity index (χ2n) is 3.96. The zero-order chi connectivity index (χ0) is 14.3. The van der Waals surface area contributed by atoms with Crippen molar-refractivity contribution in [1.82, 2.24) is 16.0 Å². The van der Waals surface area contributed by atoms with E-state index in [0.717, 1.165) is 0 Å². The number of alkyl halides is 3. The van der Waals surface area contributed by atoms with Gasteiger partial charge in [-0.05, 0) is 20.8 Å². The molecule has 2 atom stereocenters. The molecule has 0 aliphatic carbocycles. The number of urea groups is 1. The van der Waals surface area contributed by atoms with E-state index in [4.69, 9.17) is 0 Å². The molecular weight excluding hydrogens is 251 g/mol. The highest BCUT2D eigenvalue weighted by Gasteiger charge is 2.31. The molecule has 0 fully saturated rings. The first-order valence-corrected chi connectivity index (χ1v) is 5.57. The third kappa shape index (κ3) is 7.88. The van der Waals surface area contributed by atoms with E-state index in [-0.39, 0.29) is 0 Å². The third-order valence-corrected chi connectivity index (χ3v) is 2.04. The van der Waals surface area contributed by atoms with E-state index in [0.29, 0.717) is 6.54 Å². The van der Waals surface area contributed by atoms with Crippen molar-refractivity contribution in [3.05, 3.63) is 0 Å². The maximum absolute atomic E-state index is 12.1. The lowest BCUT2D eigenvalue weighted by Crippen LogP contribution is -2.50. The Balaban J connectivity index is 4.11. The first kappa shape index (κ1) is 16.7. The fourth-order valence-corrected chi connectivity index (χ4v) is 1.33. The van der Waals surface area contributed by atoms with Crippen LogP contribution in [0.4, 0.5) is 18.0 Å². The number of halogens is 3. The Labute approximate surface area is 103 Å². The highest BCUT2D eigenvalue weighted by atomic mass is 19.4. The normalized spacial score (nSPS) is 14.8. The summed E-state index contributed by atoms with van der Waals surface area (Å²) in [5, 5.41) is 6.83. The average Bonchev–Trinajstić information content (AvgIpc) is 2.14. The van der Waals surface area contributed by atoms with Crippen molar-refractivity contribution in [3.8, 4) is 0 Å². The summed E-state index contributed by atoms with van der Waals surface area (Å²) in [5.74, 6) is -0.671. The van der Waals surface area contributed by atoms with Crippen LogP contribution in [0.15, 0.2) is 0 Å². The van der Waals surface area contributed by atoms with E-state index in [1.54, 1.807) is 6.92 Å². The number of imide groups is 1. The molecule has 8 heteroatoms. The van der Waals surface area contributed by atoms with Gasteiger partial charge in [-0.2, -0.15) is 13.2 Å². The van der Waals surface area contributed by atoms with Gasteiger partial charge in [0.15, 0.2) is 0 Å². The number of carbonyl (C=O) groups is 2. The number of hydrogen-bond acceptors (Lipinski definition) is 3. The number of amides is 3. The molecule has 3 N–H and O–H groups in total. The molecule has 0 aliphatic rings. The molecule has 5 nitrogen and oxygen atoms in total. The van der Waals surface area contributed by atoms with Gasteiger partial charge in [0, 0.05) is 12.6 Å². The smallest absolute Gasteiger partial charge is 0.338 e. The largest absolute Gasteiger partial charge is 0.390 e. The highest BCUT2D eigenvalue weighted by molar-refractivity contribution is 5.96. The van der Waals surface area contributed by atoms with Crippen molar-refractivity contribution in [2.45, 2.75) is 45.5 Å². The van der Waals surface area contributed by atoms with Gasteiger partial charge in [-0.3, -0.25) is 10.1 Å². The maximum Gasteiger partial charge on any atom is 0.390 e. The topological polar surface area (TPSA) is 70.2 Å². The molecule has 3 amide bonds. The zero-order valence-corrected chi connectivity index (χ0v) is 10.5. The SMILES string of the molecule is CCNC(=O)NC(=O)C(C)NC(C)CC(F)(F)F. The average molecular weight is 269 g/mol. The van der Waals surface area contributed by atoms with E-state index in [9.17, 15) is 22.8 Å². The van der Waals surface area contributed by atoms with Gasteiger partial charge in [0.25, 0.3) is 0 Å². The predicted octanol–water partition coefficient (Wildman–Crippen LogP) is 1.15. The zero-order valence-electron chi connectivity index (χ0n) is 10.5. The molecule has 0 rings (SSSR count). The Morgan fingerprint density at radius 1 is 1.22 bits per heavy atom. The van der Waals surface area contributed by atoms with Crippen LogP contribution in [-0.4, -0.2) is 36.7 Å². The molecule has 0 radical (unpaired) electrons. The van der Waals surface area contributed by atoms with Crippen molar-refractivity contribution in [2.24, 2.45) is 0 Å². The molecular formula is C10H18F3N3O2. The van der Waals surface area contributed by atoms with Gasteiger partial charge in [0.1, 0.15) is 0 Å². The Morgan fingerprint density at radius 2 is 1.78 bits per heavy atom. The van der Waals surface area contributed by atoms with Crippen LogP contribution in [0.25, 0.3) is 0 Å². The summed E-state index contributed by atoms with van der Waals surface area (Å²) in [6.45, 7) is 4.74. The molecule has 0 spiro atoms. The lowest BCUT2D eigenvalue weighted by Gasteiger charge is -2.20. The van der Waals surface area contributed by atoms with Gasteiger partial charge in [-0.25, -0.2) is 4.79 Å². The molecule has 0 aliphatic heterocycles. The third-order valence-electron chi connectivity index (χ3n) is 2.04. The fraction of sp³-hybridized carbons (Fsp3) is 0.800. The number of rotatable bonds is 5. The molecule has 0 aromatic heterocycles. The Morgan fingerprint density at radius 3 is 2.22 bits per heavy atom. The first-order chi connectivity index (χ1) is 8.15. The van der Waals surface area contributed by atoms with Crippen molar-refractivity contribution in [3.63, 3.8) is 0 Å². The van der Waals surface area contributed by atoms with Crippen molar-refractivity contribution in [2.75, 3.05) is 6.54 Å². The minimum absolute atomic E-state index is 0.353. The van der Waals surface area contributed by atoms with Crippen molar-refractivity contribution >= 4 is 11.9 Å². The van der Waals surface area contributed by atoms with Crippen molar-refractivity contribution < 1.29 is 22.8 Å². The highest BCUT2D eigenvalue weighted by Crippen LogP contribution is 2.21. The second-order valence-corrected chi connectivity index (χ2v) is 3.96. The summed E-state index contributed by atoms with van der Waals surface area (Å²) >= 11 is 0. The van der Waals surface area contributed by atoms with Gasteiger partial charge < -0.3 is 10.6 Å². The van der Waals surface area contributed by atoms with Crippen LogP contribution < -0.4 is 16.0 Å². The van der Waals surface area contributed by atoms with E-state index < -0.39 is 36.6 Å². The van der Waals surface area contributed by atoms with E-state index >= 15 is 0 Å². The van der Waals surface area contributed by atoms with Crippen molar-refractivity contribution in [1.29, 1.82) is 0 Å². The minimum atomic E-state index is -4.29. The monoisotopic (exact) mass is 269 g/mol. The molecule has 0 aromatic rings. The standard InChI is InChI=1S/C10H18F3N3O2/c1-4-14-9(18)16-8(17)7(3)15-6(2)5-10(11,12)13/h6-7,15H,4-5H2,1-3H3,(H2,14,16,17,18). The molecule has 18 heavy (non-hydrogen) atoms. The second kappa shape index (κ2) is 7.20. The van der Waals surface area contributed by atoms with Crippen LogP contribution in [0, 0.1) is 0 Å². The lowest BCUT2D eigenvalue weighted by atomic mass is 10.2. The number of nitrogens with one attached hydrogen (secondary N) is 3. The predicted molar refractivity (Wildman–Crippen MR) is 59.9 cm³/mol. The van der Waals surface area contributed by atoms with Crippen LogP contribution in [-0.2, 0) is 4.79 Å². The van der Waals surface area contributed by atoms with E-state index in [2.05, 4.69) is 10.6 Å². The van der Waals surface area contributed by atoms with Crippen LogP contribution in [0.5, 0.6) is 0 Å². The Hall–Kier alpha value is -1.31. The van der Waals surface area contributed by atoms with E-state index in [1.807, 2.05) is 5.32 Å². The molecule has 106 valence electrons. The summed E-state index contributed by atoms with van der Waals surface area (Å²) < 4.78 is 36.2. The Kier molecular flexibility index (Phi) is 6.67. The van der Waals surface area contributed by atoms with Gasteiger partial charge in [-0.15, -0.1) is 0 Å². The van der Waals surface area contributed by atoms with Crippen LogP contribution >= 0.6 is 0 Å². The molecule has 0 heterocycles. The number of hydrogen-bond donors (Lipinski definition) is 3. The minimum Gasteiger partial charge on any atom is -0.338 e. The van der Waals surface area contributed by atoms with Gasteiger partial charge in [-0.1, -0.05) is 0 Å². The molecule has 0 saturated carbocycles. The van der Waals surface area contributed by atoms with Gasteiger partial charge in [0.2, 0.25) is 5.91 Å². The van der Waals surface area contributed by atoms with Gasteiger partial charge >= 0.3 is 12.2 Å². The van der Waals surface area contributed by atoms with Gasteiger partial charge in [0.05, 0.1) is 12.5 Å². The summed E-state index contributed by atoms with van der Waals surface area (Å²) in [6.07, 6.45) is -5.33. The fourth-order valence-electron chi connectivity index (χ4n) is 1.33. The van der Waals surface area contributed by atoms with Crippen LogP contribution in [0.3, 0.4) is 0 Å². The quantitative estimate of drug-likeness (QED) is 0.701. The molecule has 0 saturated heterocycles. The summed E-state index contributed by atoms with van der Waals surface area (Å²) in [5.41, 5.74) is 0. The summed E-state index contributed by atoms with van der Waals surface area (Å²) in [4.78, 5) is 22.4. The summed E-state index contributed by atoms with van der Waals surface area (Å²) in [7, 11) is 0. The molecule has 2 unspecified atom stereocenters. The summed E-state index contributed by atoms with van der Waals surface area (Å²) in [6, 6.07) is -2.45. The Bertz CT molecular complexity index is 295. The van der Waals surface area contributed by atoms with Crippen LogP contribution in [0.1, 0.15) is 27.2 Å². The lowest BCUT2D eigenvalue weighted by molar-refractivity contribution is -0.140. The maximum atomic E-state index is 12.1. The molecule has 0 aromatic carbocycles. The number of carbonyl (C=O) groups excluding carboxylic acids is 2. The first-order valence-electron chi connectivity index (χ1n) is 5.57.